The Balaban J connectivity index is 2.30. The number of aryl methyl sites for hydroxylation is 2. The molecule has 1 rings (SSSR count). The lowest BCUT2D eigenvalue weighted by Crippen LogP contribution is -2.37. The van der Waals surface area contributed by atoms with Crippen LogP contribution >= 0.6 is 0 Å². The molecule has 0 aliphatic heterocycles. The number of hydrogen-bond acceptors (Lipinski definition) is 3. The van der Waals surface area contributed by atoms with Crippen LogP contribution in [0.3, 0.4) is 0 Å². The van der Waals surface area contributed by atoms with Crippen molar-refractivity contribution in [2.24, 2.45) is 0 Å². The Morgan fingerprint density at radius 1 is 1.44 bits per heavy atom. The third-order valence-electron chi connectivity index (χ3n) is 2.19. The average molecular weight is 224 g/mol. The van der Waals surface area contributed by atoms with Gasteiger partial charge in [0, 0.05) is 18.2 Å². The molecule has 0 radical (unpaired) electrons. The molecule has 4 nitrogen and oxygen atoms in total. The van der Waals surface area contributed by atoms with E-state index in [1.54, 1.807) is 0 Å². The second-order valence-electron chi connectivity index (χ2n) is 4.26. The molecule has 0 unspecified atom stereocenters. The molecular weight excluding hydrogens is 204 g/mol. The van der Waals surface area contributed by atoms with Gasteiger partial charge >= 0.3 is 0 Å². The zero-order valence-corrected chi connectivity index (χ0v) is 10.4. The average Bonchev–Trinajstić information content (AvgIpc) is 2.44. The summed E-state index contributed by atoms with van der Waals surface area (Å²) in [5, 5.41) is 5.91. The molecule has 90 valence electrons. The van der Waals surface area contributed by atoms with Crippen molar-refractivity contribution >= 4 is 5.91 Å². The molecule has 0 bridgehead atoms. The van der Waals surface area contributed by atoms with Gasteiger partial charge in [0.15, 0.2) is 0 Å². The molecule has 1 aromatic rings. The van der Waals surface area contributed by atoms with Gasteiger partial charge in [-0.05, 0) is 33.8 Å². The van der Waals surface area contributed by atoms with Crippen LogP contribution in [0.5, 0.6) is 0 Å². The highest BCUT2D eigenvalue weighted by Crippen LogP contribution is 2.12. The number of carbonyl (C=O) groups is 1. The minimum absolute atomic E-state index is 0.0212. The van der Waals surface area contributed by atoms with Crippen molar-refractivity contribution in [1.29, 1.82) is 0 Å². The van der Waals surface area contributed by atoms with E-state index in [4.69, 9.17) is 4.42 Å². The van der Waals surface area contributed by atoms with Crippen LogP contribution in [0, 0.1) is 13.8 Å². The summed E-state index contributed by atoms with van der Waals surface area (Å²) in [4.78, 5) is 11.3. The topological polar surface area (TPSA) is 54.3 Å². The predicted molar refractivity (Wildman–Crippen MR) is 63.2 cm³/mol. The van der Waals surface area contributed by atoms with Crippen molar-refractivity contribution in [3.05, 3.63) is 23.2 Å². The van der Waals surface area contributed by atoms with E-state index in [2.05, 4.69) is 10.6 Å². The Kier molecular flexibility index (Phi) is 4.55. The van der Waals surface area contributed by atoms with Crippen LogP contribution in [0.2, 0.25) is 0 Å². The maximum absolute atomic E-state index is 11.3. The standard InChI is InChI=1S/C12H20N2O2/c1-8(2)14-12(15)7-13-6-11-5-9(3)16-10(11)4/h5,8,13H,6-7H2,1-4H3,(H,14,15). The molecule has 0 aliphatic carbocycles. The predicted octanol–water partition coefficient (Wildman–Crippen LogP) is 1.51. The fourth-order valence-electron chi connectivity index (χ4n) is 1.54. The maximum atomic E-state index is 11.3. The van der Waals surface area contributed by atoms with Gasteiger partial charge < -0.3 is 15.1 Å². The summed E-state index contributed by atoms with van der Waals surface area (Å²) in [5.74, 6) is 1.84. The monoisotopic (exact) mass is 224 g/mol. The van der Waals surface area contributed by atoms with Crippen molar-refractivity contribution in [2.45, 2.75) is 40.3 Å². The van der Waals surface area contributed by atoms with Gasteiger partial charge in [-0.3, -0.25) is 4.79 Å². The summed E-state index contributed by atoms with van der Waals surface area (Å²) in [5.41, 5.74) is 1.11. The Bertz CT molecular complexity index is 356. The van der Waals surface area contributed by atoms with Gasteiger partial charge in [-0.2, -0.15) is 0 Å². The van der Waals surface area contributed by atoms with Gasteiger partial charge in [0.2, 0.25) is 5.91 Å². The van der Waals surface area contributed by atoms with Crippen LogP contribution in [0.15, 0.2) is 10.5 Å². The van der Waals surface area contributed by atoms with Crippen LogP contribution in [0.25, 0.3) is 0 Å². The van der Waals surface area contributed by atoms with E-state index >= 15 is 0 Å². The van der Waals surface area contributed by atoms with E-state index in [1.165, 1.54) is 0 Å². The molecule has 16 heavy (non-hydrogen) atoms. The lowest BCUT2D eigenvalue weighted by Gasteiger charge is -2.08. The highest BCUT2D eigenvalue weighted by atomic mass is 16.3. The second kappa shape index (κ2) is 5.70. The van der Waals surface area contributed by atoms with Crippen molar-refractivity contribution in [3.63, 3.8) is 0 Å². The Labute approximate surface area is 96.4 Å². The van der Waals surface area contributed by atoms with Crippen LogP contribution in [-0.4, -0.2) is 18.5 Å². The third kappa shape index (κ3) is 4.06. The van der Waals surface area contributed by atoms with Gasteiger partial charge in [-0.15, -0.1) is 0 Å². The van der Waals surface area contributed by atoms with Gasteiger partial charge in [-0.25, -0.2) is 0 Å². The fourth-order valence-corrected chi connectivity index (χ4v) is 1.54. The zero-order valence-electron chi connectivity index (χ0n) is 10.4. The van der Waals surface area contributed by atoms with E-state index < -0.39 is 0 Å². The molecule has 0 saturated carbocycles. The van der Waals surface area contributed by atoms with Crippen LogP contribution in [-0.2, 0) is 11.3 Å². The molecule has 4 heteroatoms. The lowest BCUT2D eigenvalue weighted by atomic mass is 10.2. The highest BCUT2D eigenvalue weighted by molar-refractivity contribution is 5.78. The summed E-state index contributed by atoms with van der Waals surface area (Å²) in [6, 6.07) is 2.18. The van der Waals surface area contributed by atoms with Crippen molar-refractivity contribution in [3.8, 4) is 0 Å². The molecule has 1 aromatic heterocycles. The van der Waals surface area contributed by atoms with Gasteiger partial charge in [0.05, 0.1) is 6.54 Å². The smallest absolute Gasteiger partial charge is 0.234 e. The summed E-state index contributed by atoms with van der Waals surface area (Å²) in [6.45, 7) is 8.74. The highest BCUT2D eigenvalue weighted by Gasteiger charge is 2.06. The first-order chi connectivity index (χ1) is 7.49. The summed E-state index contributed by atoms with van der Waals surface area (Å²) in [6.07, 6.45) is 0. The first kappa shape index (κ1) is 12.8. The molecule has 2 N–H and O–H groups in total. The summed E-state index contributed by atoms with van der Waals surface area (Å²) in [7, 11) is 0. The molecule has 1 amide bonds. The second-order valence-corrected chi connectivity index (χ2v) is 4.26. The molecule has 0 atom stereocenters. The fraction of sp³-hybridized carbons (Fsp3) is 0.583. The van der Waals surface area contributed by atoms with Gasteiger partial charge in [0.25, 0.3) is 0 Å². The Morgan fingerprint density at radius 2 is 2.12 bits per heavy atom. The quantitative estimate of drug-likeness (QED) is 0.797. The zero-order chi connectivity index (χ0) is 12.1. The molecule has 0 fully saturated rings. The van der Waals surface area contributed by atoms with Gasteiger partial charge in [-0.1, -0.05) is 0 Å². The van der Waals surface area contributed by atoms with E-state index in [0.29, 0.717) is 13.1 Å². The molecule has 1 heterocycles. The molecule has 0 spiro atoms. The van der Waals surface area contributed by atoms with E-state index in [9.17, 15) is 4.79 Å². The lowest BCUT2D eigenvalue weighted by molar-refractivity contribution is -0.120. The van der Waals surface area contributed by atoms with Crippen LogP contribution < -0.4 is 10.6 Å². The normalized spacial score (nSPS) is 10.8. The number of hydrogen-bond donors (Lipinski definition) is 2. The van der Waals surface area contributed by atoms with Crippen molar-refractivity contribution < 1.29 is 9.21 Å². The molecule has 0 saturated heterocycles. The van der Waals surface area contributed by atoms with Crippen LogP contribution in [0.4, 0.5) is 0 Å². The van der Waals surface area contributed by atoms with E-state index in [0.717, 1.165) is 17.1 Å². The largest absolute Gasteiger partial charge is 0.466 e. The molecular formula is C12H20N2O2. The summed E-state index contributed by atoms with van der Waals surface area (Å²) >= 11 is 0. The summed E-state index contributed by atoms with van der Waals surface area (Å²) < 4.78 is 5.40. The van der Waals surface area contributed by atoms with E-state index in [-0.39, 0.29) is 11.9 Å². The number of amides is 1. The SMILES string of the molecule is Cc1cc(CNCC(=O)NC(C)C)c(C)o1. The first-order valence-corrected chi connectivity index (χ1v) is 5.55. The first-order valence-electron chi connectivity index (χ1n) is 5.55. The number of nitrogens with one attached hydrogen (secondary N) is 2. The van der Waals surface area contributed by atoms with E-state index in [1.807, 2.05) is 33.8 Å². The maximum Gasteiger partial charge on any atom is 0.234 e. The van der Waals surface area contributed by atoms with Crippen molar-refractivity contribution in [2.75, 3.05) is 6.54 Å². The number of carbonyl (C=O) groups excluding carboxylic acids is 1. The minimum atomic E-state index is 0.0212. The Morgan fingerprint density at radius 3 is 2.62 bits per heavy atom. The minimum Gasteiger partial charge on any atom is -0.466 e. The Hall–Kier alpha value is -1.29. The van der Waals surface area contributed by atoms with Crippen molar-refractivity contribution in [1.82, 2.24) is 10.6 Å². The molecule has 0 aromatic carbocycles. The van der Waals surface area contributed by atoms with Crippen LogP contribution in [0.1, 0.15) is 30.9 Å². The van der Waals surface area contributed by atoms with Gasteiger partial charge in [0.1, 0.15) is 11.5 Å². The number of rotatable bonds is 5. The number of furan rings is 1. The third-order valence-corrected chi connectivity index (χ3v) is 2.19. The molecule has 0 aliphatic rings.